The number of rotatable bonds is 7. The standard InChI is InChI=1S/C37H36N4O5/c1-40-30-14-8-6-12-28(30)35(42)33(36(40)43)32(26-15-16-31(45-2)25-11-4-3-9-23(25)26)34-27(24-10-5-7-13-29(24)39-34)17-18-38-37(44)41-19-21-46-22-20-41/h3-16,32,39,42H,17-22H2,1-2H3,(H,38,44). The van der Waals surface area contributed by atoms with Crippen LogP contribution in [-0.4, -0.2) is 65.5 Å². The van der Waals surface area contributed by atoms with Gasteiger partial charge in [0.15, 0.2) is 0 Å². The van der Waals surface area contributed by atoms with Gasteiger partial charge < -0.3 is 34.3 Å². The Labute approximate surface area is 266 Å². The summed E-state index contributed by atoms with van der Waals surface area (Å²) in [5, 5.41) is 18.4. The van der Waals surface area contributed by atoms with Crippen molar-refractivity contribution in [3.8, 4) is 11.5 Å². The summed E-state index contributed by atoms with van der Waals surface area (Å²) in [6.45, 7) is 2.56. The molecule has 0 aliphatic carbocycles. The van der Waals surface area contributed by atoms with E-state index in [9.17, 15) is 14.7 Å². The van der Waals surface area contributed by atoms with Crippen LogP contribution in [0.25, 0.3) is 32.6 Å². The van der Waals surface area contributed by atoms with Crippen LogP contribution in [0.1, 0.15) is 28.3 Å². The number of carbonyl (C=O) groups excluding carboxylic acids is 1. The molecule has 7 rings (SSSR count). The predicted octanol–water partition coefficient (Wildman–Crippen LogP) is 5.65. The van der Waals surface area contributed by atoms with Gasteiger partial charge in [0.1, 0.15) is 11.5 Å². The van der Waals surface area contributed by atoms with E-state index in [0.29, 0.717) is 50.2 Å². The molecule has 4 aromatic carbocycles. The number of pyridine rings is 1. The van der Waals surface area contributed by atoms with E-state index in [2.05, 4.69) is 16.4 Å². The minimum Gasteiger partial charge on any atom is -0.507 e. The third-order valence-corrected chi connectivity index (χ3v) is 9.13. The molecule has 1 atom stereocenters. The zero-order valence-corrected chi connectivity index (χ0v) is 25.9. The molecule has 0 spiro atoms. The number of para-hydroxylation sites is 2. The van der Waals surface area contributed by atoms with Crippen LogP contribution in [0, 0.1) is 0 Å². The Hall–Kier alpha value is -5.28. The molecule has 0 saturated carbocycles. The monoisotopic (exact) mass is 616 g/mol. The minimum atomic E-state index is -0.670. The Kier molecular flexibility index (Phi) is 7.84. The first-order chi connectivity index (χ1) is 22.5. The van der Waals surface area contributed by atoms with Gasteiger partial charge in [0, 0.05) is 54.1 Å². The smallest absolute Gasteiger partial charge is 0.317 e. The van der Waals surface area contributed by atoms with E-state index >= 15 is 0 Å². The summed E-state index contributed by atoms with van der Waals surface area (Å²) in [6, 6.07) is 27.1. The third kappa shape index (κ3) is 5.02. The number of carbonyl (C=O) groups is 1. The topological polar surface area (TPSA) is 109 Å². The number of aromatic hydroxyl groups is 1. The first-order valence-corrected chi connectivity index (χ1v) is 15.5. The maximum Gasteiger partial charge on any atom is 0.317 e. The quantitative estimate of drug-likeness (QED) is 0.215. The molecule has 1 fully saturated rings. The molecular formula is C37H36N4O5. The minimum absolute atomic E-state index is 0.0474. The van der Waals surface area contributed by atoms with Crippen molar-refractivity contribution in [2.24, 2.45) is 7.05 Å². The molecule has 9 nitrogen and oxygen atoms in total. The van der Waals surface area contributed by atoms with Gasteiger partial charge in [0.05, 0.1) is 37.3 Å². The SMILES string of the molecule is COc1ccc(C(c2[nH]c3ccccc3c2CCNC(=O)N2CCOCC2)c2c(O)c3ccccc3n(C)c2=O)c2ccccc12. The Morgan fingerprint density at radius 1 is 0.935 bits per heavy atom. The van der Waals surface area contributed by atoms with Crippen LogP contribution in [-0.2, 0) is 18.2 Å². The summed E-state index contributed by atoms with van der Waals surface area (Å²) in [7, 11) is 3.38. The fraction of sp³-hybridized carbons (Fsp3) is 0.243. The molecule has 3 N–H and O–H groups in total. The van der Waals surface area contributed by atoms with Crippen molar-refractivity contribution in [3.05, 3.63) is 118 Å². The number of fused-ring (bicyclic) bond motifs is 3. The summed E-state index contributed by atoms with van der Waals surface area (Å²) in [4.78, 5) is 32.7. The third-order valence-electron chi connectivity index (χ3n) is 9.13. The number of H-pyrrole nitrogens is 1. The van der Waals surface area contributed by atoms with E-state index in [-0.39, 0.29) is 22.9 Å². The lowest BCUT2D eigenvalue weighted by molar-refractivity contribution is 0.0533. The number of nitrogens with one attached hydrogen (secondary N) is 2. The number of ether oxygens (including phenoxy) is 2. The molecule has 0 radical (unpaired) electrons. The zero-order chi connectivity index (χ0) is 31.8. The Morgan fingerprint density at radius 2 is 1.61 bits per heavy atom. The molecule has 46 heavy (non-hydrogen) atoms. The van der Waals surface area contributed by atoms with Gasteiger partial charge in [-0.3, -0.25) is 4.79 Å². The van der Waals surface area contributed by atoms with Crippen LogP contribution in [0.15, 0.2) is 89.7 Å². The molecule has 1 unspecified atom stereocenters. The van der Waals surface area contributed by atoms with E-state index in [1.54, 1.807) is 23.6 Å². The number of hydrogen-bond acceptors (Lipinski definition) is 5. The number of urea groups is 1. The molecule has 0 bridgehead atoms. The largest absolute Gasteiger partial charge is 0.507 e. The van der Waals surface area contributed by atoms with Gasteiger partial charge >= 0.3 is 6.03 Å². The van der Waals surface area contributed by atoms with Gasteiger partial charge in [-0.25, -0.2) is 4.79 Å². The number of methoxy groups -OCH3 is 1. The molecule has 2 aromatic heterocycles. The number of morpholine rings is 1. The van der Waals surface area contributed by atoms with E-state index in [0.717, 1.165) is 44.2 Å². The predicted molar refractivity (Wildman–Crippen MR) is 180 cm³/mol. The number of benzene rings is 4. The maximum atomic E-state index is 14.3. The van der Waals surface area contributed by atoms with E-state index in [1.807, 2.05) is 78.9 Å². The van der Waals surface area contributed by atoms with Crippen LogP contribution < -0.4 is 15.6 Å². The van der Waals surface area contributed by atoms with Crippen LogP contribution >= 0.6 is 0 Å². The average Bonchev–Trinajstić information content (AvgIpc) is 3.47. The van der Waals surface area contributed by atoms with E-state index < -0.39 is 5.92 Å². The van der Waals surface area contributed by atoms with Gasteiger partial charge in [-0.1, -0.05) is 60.7 Å². The second-order valence-electron chi connectivity index (χ2n) is 11.6. The number of aromatic amines is 1. The highest BCUT2D eigenvalue weighted by Gasteiger charge is 2.32. The van der Waals surface area contributed by atoms with Crippen LogP contribution in [0.5, 0.6) is 11.5 Å². The molecule has 6 aromatic rings. The fourth-order valence-corrected chi connectivity index (χ4v) is 6.85. The molecule has 2 amide bonds. The molecule has 1 aliphatic heterocycles. The lowest BCUT2D eigenvalue weighted by Crippen LogP contribution is -2.46. The van der Waals surface area contributed by atoms with Crippen molar-refractivity contribution in [3.63, 3.8) is 0 Å². The Bertz CT molecular complexity index is 2140. The molecular weight excluding hydrogens is 580 g/mol. The van der Waals surface area contributed by atoms with E-state index in [1.165, 1.54) is 0 Å². The zero-order valence-electron chi connectivity index (χ0n) is 25.9. The van der Waals surface area contributed by atoms with Crippen molar-refractivity contribution in [1.82, 2.24) is 19.8 Å². The number of hydrogen-bond donors (Lipinski definition) is 3. The van der Waals surface area contributed by atoms with Gasteiger partial charge in [0.25, 0.3) is 5.56 Å². The van der Waals surface area contributed by atoms with Crippen molar-refractivity contribution in [2.45, 2.75) is 12.3 Å². The molecule has 9 heteroatoms. The van der Waals surface area contributed by atoms with Gasteiger partial charge in [-0.05, 0) is 47.2 Å². The number of nitrogens with zero attached hydrogens (tertiary/aromatic N) is 2. The summed E-state index contributed by atoms with van der Waals surface area (Å²) in [5.41, 5.74) is 4.16. The first-order valence-electron chi connectivity index (χ1n) is 15.5. The number of aryl methyl sites for hydroxylation is 1. The normalized spacial score (nSPS) is 14.2. The lowest BCUT2D eigenvalue weighted by Gasteiger charge is -2.27. The average molecular weight is 617 g/mol. The highest BCUT2D eigenvalue weighted by atomic mass is 16.5. The van der Waals surface area contributed by atoms with Crippen molar-refractivity contribution in [2.75, 3.05) is 40.0 Å². The number of amides is 2. The fourth-order valence-electron chi connectivity index (χ4n) is 6.85. The Morgan fingerprint density at radius 3 is 2.37 bits per heavy atom. The van der Waals surface area contributed by atoms with Crippen LogP contribution in [0.4, 0.5) is 4.79 Å². The summed E-state index contributed by atoms with van der Waals surface area (Å²) in [5.74, 6) is 0.00159. The van der Waals surface area contributed by atoms with Crippen molar-refractivity contribution in [1.29, 1.82) is 0 Å². The highest BCUT2D eigenvalue weighted by Crippen LogP contribution is 2.44. The molecule has 3 heterocycles. The summed E-state index contributed by atoms with van der Waals surface area (Å²) in [6.07, 6.45) is 0.509. The molecule has 1 aliphatic rings. The second kappa shape index (κ2) is 12.3. The van der Waals surface area contributed by atoms with Crippen LogP contribution in [0.2, 0.25) is 0 Å². The van der Waals surface area contributed by atoms with Crippen LogP contribution in [0.3, 0.4) is 0 Å². The van der Waals surface area contributed by atoms with Crippen molar-refractivity contribution < 1.29 is 19.4 Å². The molecule has 1 saturated heterocycles. The van der Waals surface area contributed by atoms with E-state index in [4.69, 9.17) is 9.47 Å². The maximum absolute atomic E-state index is 14.3. The first kappa shape index (κ1) is 29.4. The summed E-state index contributed by atoms with van der Waals surface area (Å²) < 4.78 is 12.7. The van der Waals surface area contributed by atoms with Gasteiger partial charge in [-0.15, -0.1) is 0 Å². The van der Waals surface area contributed by atoms with Gasteiger partial charge in [0.2, 0.25) is 0 Å². The Balaban J connectivity index is 1.45. The summed E-state index contributed by atoms with van der Waals surface area (Å²) >= 11 is 0. The highest BCUT2D eigenvalue weighted by molar-refractivity contribution is 5.94. The van der Waals surface area contributed by atoms with Gasteiger partial charge in [-0.2, -0.15) is 0 Å². The molecule has 234 valence electrons. The van der Waals surface area contributed by atoms with Crippen molar-refractivity contribution >= 4 is 38.6 Å². The lowest BCUT2D eigenvalue weighted by atomic mass is 9.82. The number of aromatic nitrogens is 2. The second-order valence-corrected chi connectivity index (χ2v) is 11.6.